The molecular formula is C25H23N3O3S. The number of hydrogen-bond donors (Lipinski definition) is 2. The third kappa shape index (κ3) is 3.91. The number of fused-ring (bicyclic) bond motifs is 1. The molecule has 32 heavy (non-hydrogen) atoms. The van der Waals surface area contributed by atoms with Gasteiger partial charge in [0, 0.05) is 18.8 Å². The lowest BCUT2D eigenvalue weighted by atomic mass is 9.99. The third-order valence-corrected chi connectivity index (χ3v) is 6.99. The van der Waals surface area contributed by atoms with E-state index in [-0.39, 0.29) is 11.1 Å². The van der Waals surface area contributed by atoms with Gasteiger partial charge in [-0.1, -0.05) is 78.8 Å². The summed E-state index contributed by atoms with van der Waals surface area (Å²) in [4.78, 5) is 29.8. The summed E-state index contributed by atoms with van der Waals surface area (Å²) in [6, 6.07) is 18.5. The number of aromatic carboxylic acids is 1. The van der Waals surface area contributed by atoms with Gasteiger partial charge in [0.25, 0.3) is 0 Å². The van der Waals surface area contributed by atoms with Crippen LogP contribution in [0.2, 0.25) is 0 Å². The molecule has 5 rings (SSSR count). The highest BCUT2D eigenvalue weighted by atomic mass is 32.1. The summed E-state index contributed by atoms with van der Waals surface area (Å²) in [7, 11) is 0. The molecule has 1 aliphatic rings. The van der Waals surface area contributed by atoms with Crippen molar-refractivity contribution in [2.24, 2.45) is 0 Å². The Labute approximate surface area is 189 Å². The molecule has 0 atom stereocenters. The minimum atomic E-state index is -1.24. The maximum atomic E-state index is 12.8. The van der Waals surface area contributed by atoms with Gasteiger partial charge in [-0.25, -0.2) is 9.78 Å². The van der Waals surface area contributed by atoms with E-state index < -0.39 is 11.4 Å². The molecule has 1 saturated carbocycles. The van der Waals surface area contributed by atoms with E-state index in [1.165, 1.54) is 30.4 Å². The first-order valence-electron chi connectivity index (χ1n) is 10.8. The largest absolute Gasteiger partial charge is 0.477 e. The van der Waals surface area contributed by atoms with E-state index in [0.717, 1.165) is 29.5 Å². The number of nitrogens with one attached hydrogen (secondary N) is 1. The highest BCUT2D eigenvalue weighted by Crippen LogP contribution is 2.30. The van der Waals surface area contributed by atoms with Crippen molar-refractivity contribution in [2.75, 3.05) is 5.32 Å². The smallest absolute Gasteiger partial charge is 0.341 e. The molecule has 0 aliphatic heterocycles. The van der Waals surface area contributed by atoms with Gasteiger partial charge < -0.3 is 15.0 Å². The van der Waals surface area contributed by atoms with E-state index in [0.29, 0.717) is 22.5 Å². The van der Waals surface area contributed by atoms with Gasteiger partial charge in [0.15, 0.2) is 5.13 Å². The lowest BCUT2D eigenvalue weighted by Gasteiger charge is -2.13. The fourth-order valence-corrected chi connectivity index (χ4v) is 5.39. The molecule has 2 aromatic carbocycles. The molecule has 1 fully saturated rings. The fourth-order valence-electron chi connectivity index (χ4n) is 4.37. The summed E-state index contributed by atoms with van der Waals surface area (Å²) in [5, 5.41) is 13.8. The molecule has 0 saturated heterocycles. The van der Waals surface area contributed by atoms with Crippen LogP contribution in [0.3, 0.4) is 0 Å². The molecule has 4 aromatic rings. The number of hydrogen-bond acceptors (Lipinski definition) is 5. The average molecular weight is 446 g/mol. The standard InChI is InChI=1S/C25H23N3O3S/c29-22-20(24(30)31)15-28(23-21(22)27-25(32-23)26-18-11-5-6-12-18)14-17-10-4-7-13-19(17)16-8-2-1-3-9-16/h1-4,7-10,13,15,18H,5-6,11-12,14H2,(H,26,27)(H,30,31). The minimum absolute atomic E-state index is 0.215. The van der Waals surface area contributed by atoms with Crippen LogP contribution >= 0.6 is 11.3 Å². The molecule has 0 radical (unpaired) electrons. The number of nitrogens with zero attached hydrogens (tertiary/aromatic N) is 2. The van der Waals surface area contributed by atoms with E-state index in [9.17, 15) is 14.7 Å². The molecule has 1 aliphatic carbocycles. The molecule has 2 heterocycles. The number of rotatable bonds is 6. The molecule has 0 bridgehead atoms. The third-order valence-electron chi connectivity index (χ3n) is 5.97. The number of pyridine rings is 1. The topological polar surface area (TPSA) is 84.2 Å². The Bertz CT molecular complexity index is 1340. The Morgan fingerprint density at radius 3 is 2.56 bits per heavy atom. The van der Waals surface area contributed by atoms with Crippen LogP contribution in [0, 0.1) is 0 Å². The van der Waals surface area contributed by atoms with Crippen molar-refractivity contribution in [1.82, 2.24) is 9.55 Å². The van der Waals surface area contributed by atoms with Crippen molar-refractivity contribution in [3.8, 4) is 11.1 Å². The second-order valence-electron chi connectivity index (χ2n) is 8.13. The van der Waals surface area contributed by atoms with E-state index in [1.807, 2.05) is 41.0 Å². The van der Waals surface area contributed by atoms with E-state index in [4.69, 9.17) is 0 Å². The predicted octanol–water partition coefficient (Wildman–Crippen LogP) is 5.23. The average Bonchev–Trinajstić information content (AvgIpc) is 3.47. The molecule has 6 nitrogen and oxygen atoms in total. The number of carbonyl (C=O) groups is 1. The second kappa shape index (κ2) is 8.59. The van der Waals surface area contributed by atoms with Gasteiger partial charge in [-0.3, -0.25) is 4.79 Å². The van der Waals surface area contributed by atoms with Gasteiger partial charge >= 0.3 is 5.97 Å². The van der Waals surface area contributed by atoms with Crippen LogP contribution in [0.5, 0.6) is 0 Å². The van der Waals surface area contributed by atoms with Gasteiger partial charge in [0.05, 0.1) is 0 Å². The first-order valence-corrected chi connectivity index (χ1v) is 11.6. The van der Waals surface area contributed by atoms with Crippen molar-refractivity contribution in [3.63, 3.8) is 0 Å². The summed E-state index contributed by atoms with van der Waals surface area (Å²) in [6.07, 6.45) is 6.01. The van der Waals surface area contributed by atoms with Crippen molar-refractivity contribution in [1.29, 1.82) is 0 Å². The number of thiazole rings is 1. The van der Waals surface area contributed by atoms with Crippen molar-refractivity contribution in [2.45, 2.75) is 38.3 Å². The Hall–Kier alpha value is -3.45. The van der Waals surface area contributed by atoms with Crippen LogP contribution in [-0.2, 0) is 6.54 Å². The Morgan fingerprint density at radius 1 is 1.09 bits per heavy atom. The van der Waals surface area contributed by atoms with Gasteiger partial charge in [0.1, 0.15) is 15.9 Å². The van der Waals surface area contributed by atoms with Gasteiger partial charge in [-0.15, -0.1) is 0 Å². The van der Waals surface area contributed by atoms with Gasteiger partial charge in [-0.05, 0) is 29.5 Å². The summed E-state index contributed by atoms with van der Waals surface area (Å²) in [5.74, 6) is -1.24. The molecule has 162 valence electrons. The van der Waals surface area contributed by atoms with Crippen molar-refractivity contribution < 1.29 is 9.90 Å². The number of carboxylic acids is 1. The fraction of sp³-hybridized carbons (Fsp3) is 0.240. The number of benzene rings is 2. The molecule has 2 aromatic heterocycles. The summed E-state index contributed by atoms with van der Waals surface area (Å²) >= 11 is 1.41. The Morgan fingerprint density at radius 2 is 1.81 bits per heavy atom. The monoisotopic (exact) mass is 445 g/mol. The normalized spacial score (nSPS) is 14.1. The van der Waals surface area contributed by atoms with Crippen LogP contribution in [0.25, 0.3) is 21.5 Å². The van der Waals surface area contributed by atoms with Crippen LogP contribution in [0.1, 0.15) is 41.6 Å². The molecule has 2 N–H and O–H groups in total. The van der Waals surface area contributed by atoms with Gasteiger partial charge in [-0.2, -0.15) is 0 Å². The summed E-state index contributed by atoms with van der Waals surface area (Å²) < 4.78 is 1.85. The van der Waals surface area contributed by atoms with Crippen molar-refractivity contribution >= 4 is 32.8 Å². The lowest BCUT2D eigenvalue weighted by molar-refractivity contribution is 0.0695. The molecular weight excluding hydrogens is 422 g/mol. The Balaban J connectivity index is 1.61. The zero-order valence-corrected chi connectivity index (χ0v) is 18.3. The van der Waals surface area contributed by atoms with Crippen LogP contribution in [-0.4, -0.2) is 26.7 Å². The van der Waals surface area contributed by atoms with Crippen LogP contribution < -0.4 is 10.7 Å². The number of anilines is 1. The Kier molecular flexibility index (Phi) is 5.49. The zero-order valence-electron chi connectivity index (χ0n) is 17.5. The first-order chi connectivity index (χ1) is 15.6. The van der Waals surface area contributed by atoms with E-state index in [2.05, 4.69) is 28.5 Å². The quantitative estimate of drug-likeness (QED) is 0.425. The van der Waals surface area contributed by atoms with E-state index >= 15 is 0 Å². The molecule has 0 unspecified atom stereocenters. The first kappa shape index (κ1) is 20.5. The highest BCUT2D eigenvalue weighted by molar-refractivity contribution is 7.21. The number of carboxylic acid groups (broad SMARTS) is 1. The summed E-state index contributed by atoms with van der Waals surface area (Å²) in [5.41, 5.74) is 2.63. The molecule has 7 heteroatoms. The van der Waals surface area contributed by atoms with Crippen molar-refractivity contribution in [3.05, 3.63) is 82.1 Å². The van der Waals surface area contributed by atoms with Crippen LogP contribution in [0.15, 0.2) is 65.6 Å². The predicted molar refractivity (Wildman–Crippen MR) is 128 cm³/mol. The minimum Gasteiger partial charge on any atom is -0.477 e. The summed E-state index contributed by atoms with van der Waals surface area (Å²) in [6.45, 7) is 0.438. The SMILES string of the molecule is O=C(O)c1cn(Cc2ccccc2-c2ccccc2)c2sc(NC3CCCC3)nc2c1=O. The van der Waals surface area contributed by atoms with Gasteiger partial charge in [0.2, 0.25) is 5.43 Å². The number of aromatic nitrogens is 2. The second-order valence-corrected chi connectivity index (χ2v) is 9.10. The maximum absolute atomic E-state index is 12.8. The molecule has 0 spiro atoms. The van der Waals surface area contributed by atoms with Crippen LogP contribution in [0.4, 0.5) is 5.13 Å². The van der Waals surface area contributed by atoms with E-state index in [1.54, 1.807) is 0 Å². The zero-order chi connectivity index (χ0) is 22.1. The maximum Gasteiger partial charge on any atom is 0.341 e. The molecule has 0 amide bonds. The highest BCUT2D eigenvalue weighted by Gasteiger charge is 2.21. The lowest BCUT2D eigenvalue weighted by Crippen LogP contribution is -2.19.